The summed E-state index contributed by atoms with van der Waals surface area (Å²) in [5.74, 6) is -1.02. The summed E-state index contributed by atoms with van der Waals surface area (Å²) in [6.07, 6.45) is 6.22. The Bertz CT molecular complexity index is 203. The van der Waals surface area contributed by atoms with Crippen LogP contribution in [0.3, 0.4) is 0 Å². The zero-order valence-electron chi connectivity index (χ0n) is 8.75. The van der Waals surface area contributed by atoms with Crippen molar-refractivity contribution in [1.82, 2.24) is 0 Å². The van der Waals surface area contributed by atoms with Crippen LogP contribution in [0.1, 0.15) is 45.4 Å². The molecule has 1 rings (SSSR count). The first-order valence-electron chi connectivity index (χ1n) is 5.46. The fourth-order valence-corrected chi connectivity index (χ4v) is 1.91. The molecule has 1 saturated carbocycles. The van der Waals surface area contributed by atoms with E-state index < -0.39 is 5.97 Å². The first kappa shape index (κ1) is 11.2. The van der Waals surface area contributed by atoms with Gasteiger partial charge in [0.05, 0.1) is 6.61 Å². The third-order valence-electron chi connectivity index (χ3n) is 2.70. The van der Waals surface area contributed by atoms with E-state index in [1.165, 1.54) is 12.8 Å². The van der Waals surface area contributed by atoms with Crippen molar-refractivity contribution in [2.45, 2.75) is 45.4 Å². The van der Waals surface area contributed by atoms with Crippen molar-refractivity contribution in [1.29, 1.82) is 0 Å². The zero-order chi connectivity index (χ0) is 10.4. The maximum atomic E-state index is 11.6. The average Bonchev–Trinajstić information content (AvgIpc) is 2.45. The Morgan fingerprint density at radius 2 is 1.71 bits per heavy atom. The maximum Gasteiger partial charge on any atom is 0.374 e. The third-order valence-corrected chi connectivity index (χ3v) is 2.70. The number of ether oxygens (including phenoxy) is 1. The summed E-state index contributed by atoms with van der Waals surface area (Å²) < 4.78 is 4.71. The molecular formula is C11H18O3. The number of carbonyl (C=O) groups excluding carboxylic acids is 2. The molecule has 0 heterocycles. The predicted octanol–water partition coefficient (Wildman–Crippen LogP) is 2.09. The average molecular weight is 198 g/mol. The van der Waals surface area contributed by atoms with E-state index in [9.17, 15) is 9.59 Å². The van der Waals surface area contributed by atoms with Gasteiger partial charge in [-0.05, 0) is 19.8 Å². The molecule has 1 aliphatic rings. The molecule has 80 valence electrons. The number of hydrogen-bond donors (Lipinski definition) is 0. The molecule has 3 heteroatoms. The van der Waals surface area contributed by atoms with Gasteiger partial charge in [0.1, 0.15) is 0 Å². The van der Waals surface area contributed by atoms with E-state index in [0.29, 0.717) is 0 Å². The van der Waals surface area contributed by atoms with Gasteiger partial charge in [0.25, 0.3) is 0 Å². The fourth-order valence-electron chi connectivity index (χ4n) is 1.91. The Hall–Kier alpha value is -0.860. The Balaban J connectivity index is 2.45. The van der Waals surface area contributed by atoms with Gasteiger partial charge in [0, 0.05) is 5.92 Å². The van der Waals surface area contributed by atoms with Crippen molar-refractivity contribution < 1.29 is 14.3 Å². The highest BCUT2D eigenvalue weighted by molar-refractivity contribution is 6.34. The van der Waals surface area contributed by atoms with Gasteiger partial charge < -0.3 is 4.74 Å². The summed E-state index contributed by atoms with van der Waals surface area (Å²) in [4.78, 5) is 22.7. The van der Waals surface area contributed by atoms with E-state index >= 15 is 0 Å². The molecule has 0 aliphatic heterocycles. The van der Waals surface area contributed by atoms with Crippen LogP contribution in [-0.2, 0) is 14.3 Å². The molecule has 3 nitrogen and oxygen atoms in total. The van der Waals surface area contributed by atoms with Crippen LogP contribution in [0.5, 0.6) is 0 Å². The molecule has 0 aromatic carbocycles. The highest BCUT2D eigenvalue weighted by Gasteiger charge is 2.26. The lowest BCUT2D eigenvalue weighted by Crippen LogP contribution is -2.25. The van der Waals surface area contributed by atoms with Gasteiger partial charge in [-0.25, -0.2) is 4.79 Å². The standard InChI is InChI=1S/C11H18O3/c1-2-14-11(13)10(12)9-7-5-3-4-6-8-9/h9H,2-8H2,1H3. The summed E-state index contributed by atoms with van der Waals surface area (Å²) in [7, 11) is 0. The molecule has 14 heavy (non-hydrogen) atoms. The lowest BCUT2D eigenvalue weighted by atomic mass is 9.95. The number of esters is 1. The molecule has 0 N–H and O–H groups in total. The molecule has 1 fully saturated rings. The Labute approximate surface area is 84.8 Å². The van der Waals surface area contributed by atoms with E-state index in [2.05, 4.69) is 0 Å². The number of carbonyl (C=O) groups is 2. The zero-order valence-corrected chi connectivity index (χ0v) is 8.75. The van der Waals surface area contributed by atoms with Crippen molar-refractivity contribution in [3.63, 3.8) is 0 Å². The quantitative estimate of drug-likeness (QED) is 0.396. The van der Waals surface area contributed by atoms with E-state index in [4.69, 9.17) is 4.74 Å². The number of rotatable bonds is 3. The lowest BCUT2D eigenvalue weighted by molar-refractivity contribution is -0.155. The Kier molecular flexibility index (Phi) is 4.63. The molecule has 0 spiro atoms. The second kappa shape index (κ2) is 5.78. The third kappa shape index (κ3) is 3.13. The molecule has 0 unspecified atom stereocenters. The summed E-state index contributed by atoms with van der Waals surface area (Å²) in [6.45, 7) is 2.01. The van der Waals surface area contributed by atoms with Crippen molar-refractivity contribution in [3.8, 4) is 0 Å². The number of hydrogen-bond acceptors (Lipinski definition) is 3. The summed E-state index contributed by atoms with van der Waals surface area (Å²) in [5.41, 5.74) is 0. The van der Waals surface area contributed by atoms with Crippen LogP contribution in [0.2, 0.25) is 0 Å². The van der Waals surface area contributed by atoms with Crippen LogP contribution in [0.4, 0.5) is 0 Å². The molecule has 0 atom stereocenters. The fraction of sp³-hybridized carbons (Fsp3) is 0.818. The van der Waals surface area contributed by atoms with Crippen LogP contribution < -0.4 is 0 Å². The Morgan fingerprint density at radius 1 is 1.14 bits per heavy atom. The summed E-state index contributed by atoms with van der Waals surface area (Å²) in [6, 6.07) is 0. The Morgan fingerprint density at radius 3 is 2.21 bits per heavy atom. The second-order valence-corrected chi connectivity index (χ2v) is 3.77. The van der Waals surface area contributed by atoms with Gasteiger partial charge >= 0.3 is 5.97 Å². The van der Waals surface area contributed by atoms with Crippen LogP contribution in [0.25, 0.3) is 0 Å². The van der Waals surface area contributed by atoms with Crippen LogP contribution >= 0.6 is 0 Å². The van der Waals surface area contributed by atoms with Gasteiger partial charge in [0.15, 0.2) is 0 Å². The molecule has 0 amide bonds. The first-order chi connectivity index (χ1) is 6.75. The minimum absolute atomic E-state index is 0.0726. The van der Waals surface area contributed by atoms with Gasteiger partial charge in [0.2, 0.25) is 5.78 Å². The van der Waals surface area contributed by atoms with Crippen LogP contribution in [0.15, 0.2) is 0 Å². The summed E-state index contributed by atoms with van der Waals surface area (Å²) in [5, 5.41) is 0. The van der Waals surface area contributed by atoms with E-state index in [1.54, 1.807) is 6.92 Å². The van der Waals surface area contributed by atoms with Crippen molar-refractivity contribution >= 4 is 11.8 Å². The summed E-state index contributed by atoms with van der Waals surface area (Å²) >= 11 is 0. The van der Waals surface area contributed by atoms with Crippen molar-refractivity contribution in [3.05, 3.63) is 0 Å². The highest BCUT2D eigenvalue weighted by atomic mass is 16.5. The SMILES string of the molecule is CCOC(=O)C(=O)C1CCCCCC1. The second-order valence-electron chi connectivity index (χ2n) is 3.77. The molecule has 0 bridgehead atoms. The number of ketones is 1. The predicted molar refractivity (Wildman–Crippen MR) is 52.8 cm³/mol. The minimum atomic E-state index is -0.639. The molecule has 0 aromatic rings. The maximum absolute atomic E-state index is 11.6. The molecule has 0 saturated heterocycles. The van der Waals surface area contributed by atoms with Crippen molar-refractivity contribution in [2.24, 2.45) is 5.92 Å². The topological polar surface area (TPSA) is 43.4 Å². The highest BCUT2D eigenvalue weighted by Crippen LogP contribution is 2.23. The van der Waals surface area contributed by atoms with E-state index in [-0.39, 0.29) is 18.3 Å². The smallest absolute Gasteiger partial charge is 0.374 e. The van der Waals surface area contributed by atoms with Crippen LogP contribution in [-0.4, -0.2) is 18.4 Å². The minimum Gasteiger partial charge on any atom is -0.460 e. The monoisotopic (exact) mass is 198 g/mol. The van der Waals surface area contributed by atoms with Gasteiger partial charge in [-0.3, -0.25) is 4.79 Å². The molecule has 0 radical (unpaired) electrons. The van der Waals surface area contributed by atoms with Gasteiger partial charge in [-0.2, -0.15) is 0 Å². The molecule has 1 aliphatic carbocycles. The number of Topliss-reactive ketones (excluding diaryl/α,β-unsaturated/α-hetero) is 1. The van der Waals surface area contributed by atoms with E-state index in [1.807, 2.05) is 0 Å². The van der Waals surface area contributed by atoms with Crippen molar-refractivity contribution in [2.75, 3.05) is 6.61 Å². The van der Waals surface area contributed by atoms with Gasteiger partial charge in [-0.15, -0.1) is 0 Å². The molecular weight excluding hydrogens is 180 g/mol. The lowest BCUT2D eigenvalue weighted by Gasteiger charge is -2.10. The van der Waals surface area contributed by atoms with Gasteiger partial charge in [-0.1, -0.05) is 25.7 Å². The van der Waals surface area contributed by atoms with E-state index in [0.717, 1.165) is 25.7 Å². The van der Waals surface area contributed by atoms with Crippen LogP contribution in [0, 0.1) is 5.92 Å². The normalized spacial score (nSPS) is 18.6. The largest absolute Gasteiger partial charge is 0.460 e. The molecule has 0 aromatic heterocycles. The first-order valence-corrected chi connectivity index (χ1v) is 5.46.